The molecule has 0 radical (unpaired) electrons. The molecule has 0 saturated heterocycles. The number of carbonyl (C=O) groups is 1. The number of hydrogen-bond donors (Lipinski definition) is 2. The Kier molecular flexibility index (Phi) is 3.19. The van der Waals surface area contributed by atoms with E-state index < -0.39 is 23.8 Å². The van der Waals surface area contributed by atoms with Gasteiger partial charge in [-0.05, 0) is 24.5 Å². The molecule has 6 heteroatoms. The highest BCUT2D eigenvalue weighted by atomic mass is 19.4. The quantitative estimate of drug-likeness (QED) is 0.858. The van der Waals surface area contributed by atoms with Gasteiger partial charge in [-0.1, -0.05) is 12.1 Å². The summed E-state index contributed by atoms with van der Waals surface area (Å²) in [6, 6.07) is 3.57. The molecular formula is C12H12F3NO2. The molecule has 1 atom stereocenters. The third-order valence-electron chi connectivity index (χ3n) is 2.99. The Morgan fingerprint density at radius 2 is 2.17 bits per heavy atom. The van der Waals surface area contributed by atoms with E-state index in [0.29, 0.717) is 18.4 Å². The highest BCUT2D eigenvalue weighted by Gasteiger charge is 2.36. The molecule has 0 fully saturated rings. The predicted octanol–water partition coefficient (Wildman–Crippen LogP) is 2.91. The molecule has 1 unspecified atom stereocenters. The number of hydrogen-bond acceptors (Lipinski definition) is 2. The van der Waals surface area contributed by atoms with Crippen molar-refractivity contribution in [1.29, 1.82) is 0 Å². The van der Waals surface area contributed by atoms with Gasteiger partial charge in [-0.15, -0.1) is 0 Å². The highest BCUT2D eigenvalue weighted by molar-refractivity contribution is 5.69. The van der Waals surface area contributed by atoms with Crippen molar-refractivity contribution in [2.45, 2.75) is 31.5 Å². The number of para-hydroxylation sites is 1. The van der Waals surface area contributed by atoms with Crippen molar-refractivity contribution in [3.05, 3.63) is 29.3 Å². The Hall–Kier alpha value is -1.72. The Balaban J connectivity index is 2.32. The molecule has 18 heavy (non-hydrogen) atoms. The van der Waals surface area contributed by atoms with Crippen molar-refractivity contribution in [1.82, 2.24) is 0 Å². The number of fused-ring (bicyclic) bond motifs is 1. The van der Waals surface area contributed by atoms with Crippen molar-refractivity contribution in [3.63, 3.8) is 0 Å². The molecule has 1 aromatic rings. The first-order valence-electron chi connectivity index (χ1n) is 5.55. The number of benzene rings is 1. The molecule has 0 spiro atoms. The van der Waals surface area contributed by atoms with E-state index in [1.165, 1.54) is 6.07 Å². The number of anilines is 1. The molecule has 0 aromatic heterocycles. The van der Waals surface area contributed by atoms with Gasteiger partial charge in [0.25, 0.3) is 0 Å². The van der Waals surface area contributed by atoms with E-state index in [0.717, 1.165) is 6.07 Å². The lowest BCUT2D eigenvalue weighted by Crippen LogP contribution is -2.29. The van der Waals surface area contributed by atoms with Crippen molar-refractivity contribution >= 4 is 11.7 Å². The summed E-state index contributed by atoms with van der Waals surface area (Å²) < 4.78 is 38.4. The maximum atomic E-state index is 12.8. The zero-order valence-corrected chi connectivity index (χ0v) is 9.42. The largest absolute Gasteiger partial charge is 0.481 e. The highest BCUT2D eigenvalue weighted by Crippen LogP contribution is 2.39. The molecule has 2 N–H and O–H groups in total. The first-order chi connectivity index (χ1) is 8.38. The Bertz CT molecular complexity index is 471. The predicted molar refractivity (Wildman–Crippen MR) is 59.4 cm³/mol. The standard InChI is InChI=1S/C12H12F3NO2/c13-12(14,15)9-3-1-2-7-4-5-8(6-10(17)18)16-11(7)9/h1-3,8,16H,4-6H2,(H,17,18). The van der Waals surface area contributed by atoms with Crippen LogP contribution in [0.4, 0.5) is 18.9 Å². The third-order valence-corrected chi connectivity index (χ3v) is 2.99. The van der Waals surface area contributed by atoms with Gasteiger partial charge >= 0.3 is 12.1 Å². The van der Waals surface area contributed by atoms with Crippen LogP contribution in [0.15, 0.2) is 18.2 Å². The van der Waals surface area contributed by atoms with Crippen LogP contribution in [0, 0.1) is 0 Å². The molecule has 3 nitrogen and oxygen atoms in total. The zero-order chi connectivity index (χ0) is 13.3. The fourth-order valence-electron chi connectivity index (χ4n) is 2.19. The van der Waals surface area contributed by atoms with Crippen LogP contribution in [-0.4, -0.2) is 17.1 Å². The van der Waals surface area contributed by atoms with Gasteiger partial charge in [-0.25, -0.2) is 0 Å². The van der Waals surface area contributed by atoms with Gasteiger partial charge < -0.3 is 10.4 Å². The zero-order valence-electron chi connectivity index (χ0n) is 9.42. The topological polar surface area (TPSA) is 49.3 Å². The van der Waals surface area contributed by atoms with E-state index in [-0.39, 0.29) is 12.1 Å². The van der Waals surface area contributed by atoms with Crippen LogP contribution in [-0.2, 0) is 17.4 Å². The first kappa shape index (κ1) is 12.7. The Morgan fingerprint density at radius 3 is 2.78 bits per heavy atom. The average molecular weight is 259 g/mol. The minimum atomic E-state index is -4.43. The minimum Gasteiger partial charge on any atom is -0.481 e. The van der Waals surface area contributed by atoms with Crippen LogP contribution in [0.5, 0.6) is 0 Å². The number of halogens is 3. The summed E-state index contributed by atoms with van der Waals surface area (Å²) in [6.45, 7) is 0. The normalized spacial score (nSPS) is 18.9. The second kappa shape index (κ2) is 4.51. The lowest BCUT2D eigenvalue weighted by molar-refractivity contribution is -0.137. The van der Waals surface area contributed by atoms with E-state index >= 15 is 0 Å². The molecule has 0 amide bonds. The summed E-state index contributed by atoms with van der Waals surface area (Å²) in [5, 5.41) is 11.4. The van der Waals surface area contributed by atoms with Gasteiger partial charge in [-0.3, -0.25) is 4.79 Å². The number of nitrogens with one attached hydrogen (secondary N) is 1. The fourth-order valence-corrected chi connectivity index (χ4v) is 2.19. The summed E-state index contributed by atoms with van der Waals surface area (Å²) >= 11 is 0. The Labute approximate surface area is 102 Å². The van der Waals surface area contributed by atoms with Crippen molar-refractivity contribution in [2.24, 2.45) is 0 Å². The minimum absolute atomic E-state index is 0.0301. The third kappa shape index (κ3) is 2.57. The van der Waals surface area contributed by atoms with E-state index in [9.17, 15) is 18.0 Å². The molecular weight excluding hydrogens is 247 g/mol. The Morgan fingerprint density at radius 1 is 1.44 bits per heavy atom. The van der Waals surface area contributed by atoms with Gasteiger partial charge in [-0.2, -0.15) is 13.2 Å². The van der Waals surface area contributed by atoms with Crippen LogP contribution in [0.2, 0.25) is 0 Å². The second-order valence-electron chi connectivity index (χ2n) is 4.32. The van der Waals surface area contributed by atoms with Gasteiger partial charge in [0.05, 0.1) is 12.0 Å². The van der Waals surface area contributed by atoms with E-state index in [2.05, 4.69) is 5.32 Å². The van der Waals surface area contributed by atoms with Gasteiger partial charge in [0.1, 0.15) is 0 Å². The number of rotatable bonds is 2. The molecule has 0 aliphatic carbocycles. The smallest absolute Gasteiger partial charge is 0.418 e. The van der Waals surface area contributed by atoms with Crippen molar-refractivity contribution in [3.8, 4) is 0 Å². The SMILES string of the molecule is O=C(O)CC1CCc2cccc(C(F)(F)F)c2N1. The van der Waals surface area contributed by atoms with Crippen molar-refractivity contribution in [2.75, 3.05) is 5.32 Å². The summed E-state index contributed by atoms with van der Waals surface area (Å²) in [6.07, 6.45) is -3.61. The lowest BCUT2D eigenvalue weighted by Gasteiger charge is -2.28. The van der Waals surface area contributed by atoms with Crippen LogP contribution >= 0.6 is 0 Å². The molecule has 1 aliphatic rings. The fraction of sp³-hybridized carbons (Fsp3) is 0.417. The molecule has 98 valence electrons. The summed E-state index contributed by atoms with van der Waals surface area (Å²) in [7, 11) is 0. The van der Waals surface area contributed by atoms with E-state index in [1.807, 2.05) is 0 Å². The second-order valence-corrected chi connectivity index (χ2v) is 4.32. The summed E-state index contributed by atoms with van der Waals surface area (Å²) in [5.41, 5.74) is -0.107. The molecule has 0 bridgehead atoms. The first-order valence-corrected chi connectivity index (χ1v) is 5.55. The van der Waals surface area contributed by atoms with Crippen LogP contribution in [0.25, 0.3) is 0 Å². The van der Waals surface area contributed by atoms with Crippen LogP contribution in [0.1, 0.15) is 24.0 Å². The van der Waals surface area contributed by atoms with Crippen LogP contribution < -0.4 is 5.32 Å². The number of alkyl halides is 3. The van der Waals surface area contributed by atoms with E-state index in [4.69, 9.17) is 5.11 Å². The number of aryl methyl sites for hydroxylation is 1. The van der Waals surface area contributed by atoms with Crippen molar-refractivity contribution < 1.29 is 23.1 Å². The lowest BCUT2D eigenvalue weighted by atomic mass is 9.93. The summed E-state index contributed by atoms with van der Waals surface area (Å²) in [5.74, 6) is -1.01. The number of aliphatic carboxylic acids is 1. The molecule has 2 rings (SSSR count). The number of carboxylic acid groups (broad SMARTS) is 1. The van der Waals surface area contributed by atoms with Crippen LogP contribution in [0.3, 0.4) is 0 Å². The summed E-state index contributed by atoms with van der Waals surface area (Å²) in [4.78, 5) is 10.6. The molecule has 1 heterocycles. The molecule has 1 aliphatic heterocycles. The average Bonchev–Trinajstić information content (AvgIpc) is 2.26. The van der Waals surface area contributed by atoms with E-state index in [1.54, 1.807) is 6.07 Å². The maximum Gasteiger partial charge on any atom is 0.418 e. The molecule has 0 saturated carbocycles. The van der Waals surface area contributed by atoms with Gasteiger partial charge in [0, 0.05) is 11.7 Å². The van der Waals surface area contributed by atoms with Gasteiger partial charge in [0.2, 0.25) is 0 Å². The monoisotopic (exact) mass is 259 g/mol. The maximum absolute atomic E-state index is 12.8. The van der Waals surface area contributed by atoms with Gasteiger partial charge in [0.15, 0.2) is 0 Å². The number of carboxylic acids is 1. The molecule has 1 aromatic carbocycles.